The molecule has 0 radical (unpaired) electrons. The molecule has 1 unspecified atom stereocenters. The quantitative estimate of drug-likeness (QED) is 0.0831. The second-order valence-electron chi connectivity index (χ2n) is 22.0. The average Bonchev–Trinajstić information content (AvgIpc) is 3.98. The number of piperazine rings is 1. The summed E-state index contributed by atoms with van der Waals surface area (Å²) in [6.07, 6.45) is 8.53. The van der Waals surface area contributed by atoms with E-state index in [4.69, 9.17) is 19.6 Å². The van der Waals surface area contributed by atoms with E-state index in [1.807, 2.05) is 93.2 Å². The van der Waals surface area contributed by atoms with Gasteiger partial charge in [-0.3, -0.25) is 34.6 Å². The third kappa shape index (κ3) is 11.1. The van der Waals surface area contributed by atoms with Crippen molar-refractivity contribution in [2.24, 2.45) is 13.0 Å². The van der Waals surface area contributed by atoms with Gasteiger partial charge in [-0.1, -0.05) is 41.7 Å². The largest absolute Gasteiger partial charge is 0.490 e. The van der Waals surface area contributed by atoms with E-state index < -0.39 is 17.5 Å². The molecule has 7 aromatic rings. The van der Waals surface area contributed by atoms with E-state index in [-0.39, 0.29) is 29.5 Å². The van der Waals surface area contributed by atoms with Crippen LogP contribution in [0.15, 0.2) is 91.0 Å². The summed E-state index contributed by atoms with van der Waals surface area (Å²) < 4.78 is 15.5. The minimum atomic E-state index is -0.723. The van der Waals surface area contributed by atoms with Crippen LogP contribution in [0, 0.1) is 12.8 Å². The summed E-state index contributed by atoms with van der Waals surface area (Å²) in [5, 5.41) is 11.8. The van der Waals surface area contributed by atoms with Crippen molar-refractivity contribution in [2.45, 2.75) is 110 Å². The summed E-state index contributed by atoms with van der Waals surface area (Å²) in [5.41, 5.74) is 8.52. The number of rotatable bonds is 13. The molecule has 1 atom stereocenters. The maximum atomic E-state index is 14.0. The molecular formula is C60H67N9O6S. The van der Waals surface area contributed by atoms with E-state index in [1.54, 1.807) is 0 Å². The Bertz CT molecular complexity index is 3310. The van der Waals surface area contributed by atoms with Gasteiger partial charge in [-0.2, -0.15) is 5.10 Å². The lowest BCUT2D eigenvalue weighted by atomic mass is 9.84. The minimum absolute atomic E-state index is 0.163. The number of benzene rings is 4. The number of nitrogens with zero attached hydrogens (tertiary/aromatic N) is 7. The Morgan fingerprint density at radius 1 is 0.829 bits per heavy atom. The van der Waals surface area contributed by atoms with Gasteiger partial charge in [0.2, 0.25) is 11.8 Å². The average molecular weight is 1040 g/mol. The molecule has 3 amide bonds. The highest BCUT2D eigenvalue weighted by molar-refractivity contribution is 7.22. The fraction of sp³-hybridized carbons (Fsp3) is 0.417. The lowest BCUT2D eigenvalue weighted by Gasteiger charge is -2.36. The highest BCUT2D eigenvalue weighted by Crippen LogP contribution is 2.37. The molecule has 4 aromatic carbocycles. The normalized spacial score (nSPS) is 19.4. The molecule has 6 heterocycles. The first-order valence-corrected chi connectivity index (χ1v) is 27.8. The number of hydrogen-bond donors (Lipinski definition) is 2. The Balaban J connectivity index is 0.675. The van der Waals surface area contributed by atoms with E-state index in [0.29, 0.717) is 53.9 Å². The van der Waals surface area contributed by atoms with Crippen LogP contribution in [-0.4, -0.2) is 99.3 Å². The topological polar surface area (TPSA) is 164 Å². The Morgan fingerprint density at radius 2 is 1.63 bits per heavy atom. The summed E-state index contributed by atoms with van der Waals surface area (Å²) in [6.45, 7) is 13.9. The van der Waals surface area contributed by atoms with Crippen molar-refractivity contribution in [3.05, 3.63) is 125 Å². The number of anilines is 3. The number of imide groups is 1. The van der Waals surface area contributed by atoms with Gasteiger partial charge in [0.25, 0.3) is 5.91 Å². The number of hydrogen-bond acceptors (Lipinski definition) is 13. The number of aromatic nitrogens is 4. The Morgan fingerprint density at radius 3 is 2.41 bits per heavy atom. The van der Waals surface area contributed by atoms with Crippen molar-refractivity contribution < 1.29 is 28.7 Å². The highest BCUT2D eigenvalue weighted by Gasteiger charge is 2.33. The molecule has 1 saturated carbocycles. The molecule has 2 N–H and O–H groups in total. The molecule has 16 heteroatoms. The van der Waals surface area contributed by atoms with E-state index in [9.17, 15) is 19.2 Å². The van der Waals surface area contributed by atoms with Crippen LogP contribution >= 0.6 is 11.3 Å². The number of ether oxygens (including phenoxy) is 2. The van der Waals surface area contributed by atoms with Gasteiger partial charge in [-0.25, -0.2) is 14.8 Å². The second kappa shape index (κ2) is 21.5. The molecule has 76 heavy (non-hydrogen) atoms. The van der Waals surface area contributed by atoms with Crippen molar-refractivity contribution in [1.82, 2.24) is 30.0 Å². The summed E-state index contributed by atoms with van der Waals surface area (Å²) in [6, 6.07) is 30.2. The van der Waals surface area contributed by atoms with Crippen LogP contribution in [0.25, 0.3) is 32.2 Å². The standard InChI is InChI=1S/C60H67N9O6S/c1-37-34-42(74-41-18-15-38(16-19-41)10-9-28-67-30-32-68(33-31-67)40-17-21-46-50(35-40)66(5)65-54(46)47-24-26-53(70)63-57(47)72)20-22-43(37)44-23-25-52(62-55(44)58(73)75-60(2,3)4)69-29-27-39-11-8-12-45(48(39)36-69)56(71)64-59-61-49-13-6-7-14-51(49)76-59/h6-8,11-14,17,20-23,25,34-35,38,41,47H,9-10,15-16,18-19,24,26-33,36H2,1-5H3,(H,61,64,71)(H,63,70,72). The van der Waals surface area contributed by atoms with Crippen LogP contribution in [0.1, 0.15) is 121 Å². The molecule has 3 fully saturated rings. The lowest BCUT2D eigenvalue weighted by molar-refractivity contribution is -0.134. The highest BCUT2D eigenvalue weighted by atomic mass is 32.1. The number of piperidine rings is 1. The predicted molar refractivity (Wildman–Crippen MR) is 298 cm³/mol. The van der Waals surface area contributed by atoms with Crippen molar-refractivity contribution >= 4 is 72.8 Å². The first-order valence-electron chi connectivity index (χ1n) is 27.0. The maximum absolute atomic E-state index is 14.0. The fourth-order valence-electron chi connectivity index (χ4n) is 11.7. The summed E-state index contributed by atoms with van der Waals surface area (Å²) in [7, 11) is 1.92. The SMILES string of the molecule is Cc1cc(OC2CCC(CCCN3CCN(c4ccc5c(C6CCC(=O)NC6=O)nn(C)c5c4)CC3)CC2)ccc1-c1ccc(N2CCc3cccc(C(=O)Nc4nc5ccccc5s4)c3C2)nc1C(=O)OC(C)(C)C. The van der Waals surface area contributed by atoms with E-state index in [2.05, 4.69) is 67.6 Å². The minimum Gasteiger partial charge on any atom is -0.490 e. The Hall–Kier alpha value is -7.17. The van der Waals surface area contributed by atoms with E-state index >= 15 is 0 Å². The van der Waals surface area contributed by atoms with Gasteiger partial charge >= 0.3 is 5.97 Å². The van der Waals surface area contributed by atoms with Gasteiger partial charge in [-0.05, 0) is 174 Å². The number of thiazole rings is 1. The third-order valence-electron chi connectivity index (χ3n) is 15.7. The predicted octanol–water partition coefficient (Wildman–Crippen LogP) is 10.4. The first-order chi connectivity index (χ1) is 36.7. The fourth-order valence-corrected chi connectivity index (χ4v) is 12.5. The Kier molecular flexibility index (Phi) is 14.4. The van der Waals surface area contributed by atoms with Gasteiger partial charge in [0, 0.05) is 74.9 Å². The van der Waals surface area contributed by atoms with Crippen LogP contribution in [0.2, 0.25) is 0 Å². The number of carbonyl (C=O) groups is 4. The van der Waals surface area contributed by atoms with Crippen molar-refractivity contribution in [3.8, 4) is 16.9 Å². The molecule has 15 nitrogen and oxygen atoms in total. The maximum Gasteiger partial charge on any atom is 0.358 e. The zero-order valence-electron chi connectivity index (χ0n) is 44.2. The van der Waals surface area contributed by atoms with Crippen LogP contribution in [-0.2, 0) is 34.3 Å². The van der Waals surface area contributed by atoms with E-state index in [0.717, 1.165) is 120 Å². The number of amides is 3. The van der Waals surface area contributed by atoms with Gasteiger partial charge in [0.15, 0.2) is 10.8 Å². The van der Waals surface area contributed by atoms with Crippen molar-refractivity contribution in [1.29, 1.82) is 0 Å². The van der Waals surface area contributed by atoms with Gasteiger partial charge in [-0.15, -0.1) is 0 Å². The molecule has 0 spiro atoms. The molecule has 3 aromatic heterocycles. The molecule has 394 valence electrons. The van der Waals surface area contributed by atoms with Gasteiger partial charge in [0.05, 0.1) is 33.4 Å². The number of nitrogens with one attached hydrogen (secondary N) is 2. The van der Waals surface area contributed by atoms with Gasteiger partial charge in [0.1, 0.15) is 17.2 Å². The van der Waals surface area contributed by atoms with Crippen molar-refractivity contribution in [2.75, 3.05) is 54.4 Å². The van der Waals surface area contributed by atoms with Crippen LogP contribution in [0.4, 0.5) is 16.6 Å². The molecule has 4 aliphatic rings. The molecule has 11 rings (SSSR count). The summed E-state index contributed by atoms with van der Waals surface area (Å²) >= 11 is 1.45. The molecule has 3 aliphatic heterocycles. The van der Waals surface area contributed by atoms with Crippen LogP contribution in [0.5, 0.6) is 5.75 Å². The second-order valence-corrected chi connectivity index (χ2v) is 23.1. The zero-order chi connectivity index (χ0) is 52.7. The number of aryl methyl sites for hydroxylation is 2. The molecular weight excluding hydrogens is 975 g/mol. The molecule has 1 aliphatic carbocycles. The number of para-hydroxylation sites is 1. The van der Waals surface area contributed by atoms with Crippen LogP contribution in [0.3, 0.4) is 0 Å². The molecule has 2 saturated heterocycles. The molecule has 0 bridgehead atoms. The first kappa shape index (κ1) is 51.0. The Labute approximate surface area is 448 Å². The van der Waals surface area contributed by atoms with Crippen LogP contribution < -0.4 is 25.2 Å². The monoisotopic (exact) mass is 1040 g/mol. The zero-order valence-corrected chi connectivity index (χ0v) is 45.0. The number of carbonyl (C=O) groups excluding carboxylic acids is 4. The third-order valence-corrected chi connectivity index (χ3v) is 16.6. The number of fused-ring (bicyclic) bond motifs is 3. The summed E-state index contributed by atoms with van der Waals surface area (Å²) in [4.78, 5) is 69.0. The number of esters is 1. The lowest BCUT2D eigenvalue weighted by Crippen LogP contribution is -2.46. The summed E-state index contributed by atoms with van der Waals surface area (Å²) in [5.74, 6) is 0.617. The van der Waals surface area contributed by atoms with Crippen molar-refractivity contribution in [3.63, 3.8) is 0 Å². The van der Waals surface area contributed by atoms with E-state index in [1.165, 1.54) is 29.9 Å². The number of pyridine rings is 1. The smallest absolute Gasteiger partial charge is 0.358 e. The van der Waals surface area contributed by atoms with Gasteiger partial charge < -0.3 is 19.3 Å².